The maximum Gasteiger partial charge on any atom is 0.226 e. The number of carbonyl (C=O) groups excluding carboxylic acids is 2. The third-order valence-corrected chi connectivity index (χ3v) is 4.41. The zero-order chi connectivity index (χ0) is 19.1. The van der Waals surface area contributed by atoms with Gasteiger partial charge in [0, 0.05) is 23.7 Å². The maximum absolute atomic E-state index is 12.2. The molecule has 0 saturated carbocycles. The molecule has 2 aromatic carbocycles. The van der Waals surface area contributed by atoms with Crippen molar-refractivity contribution in [3.8, 4) is 5.75 Å². The van der Waals surface area contributed by atoms with E-state index in [1.165, 1.54) is 0 Å². The second-order valence-corrected chi connectivity index (χ2v) is 7.10. The van der Waals surface area contributed by atoms with E-state index in [1.807, 2.05) is 32.0 Å². The molecule has 0 spiro atoms. The minimum Gasteiger partial charge on any atom is -0.496 e. The Morgan fingerprint density at radius 1 is 1.08 bits per heavy atom. The van der Waals surface area contributed by atoms with Crippen LogP contribution in [-0.4, -0.2) is 18.9 Å². The SMILES string of the molecule is COc1ccc(CCC(=O)Nc2cccc(NC(=O)C(C)C)c2)cc1Br. The fourth-order valence-electron chi connectivity index (χ4n) is 2.31. The first-order valence-corrected chi connectivity index (χ1v) is 9.21. The maximum atomic E-state index is 12.2. The molecule has 0 aromatic heterocycles. The van der Waals surface area contributed by atoms with Crippen molar-refractivity contribution in [2.75, 3.05) is 17.7 Å². The molecular formula is C20H23BrN2O3. The molecule has 5 nitrogen and oxygen atoms in total. The number of aryl methyl sites for hydroxylation is 1. The molecule has 138 valence electrons. The highest BCUT2D eigenvalue weighted by Crippen LogP contribution is 2.26. The summed E-state index contributed by atoms with van der Waals surface area (Å²) >= 11 is 3.45. The third kappa shape index (κ3) is 5.88. The Hall–Kier alpha value is -2.34. The predicted molar refractivity (Wildman–Crippen MR) is 108 cm³/mol. The van der Waals surface area contributed by atoms with Gasteiger partial charge in [-0.05, 0) is 58.2 Å². The lowest BCUT2D eigenvalue weighted by atomic mass is 10.1. The Balaban J connectivity index is 1.91. The highest BCUT2D eigenvalue weighted by atomic mass is 79.9. The largest absolute Gasteiger partial charge is 0.496 e. The molecule has 0 radical (unpaired) electrons. The average molecular weight is 419 g/mol. The predicted octanol–water partition coefficient (Wildman–Crippen LogP) is 4.62. The molecule has 0 aliphatic heterocycles. The van der Waals surface area contributed by atoms with Crippen LogP contribution in [-0.2, 0) is 16.0 Å². The number of halogens is 1. The number of anilines is 2. The molecule has 2 amide bonds. The highest BCUT2D eigenvalue weighted by molar-refractivity contribution is 9.10. The lowest BCUT2D eigenvalue weighted by molar-refractivity contribution is -0.119. The molecule has 0 bridgehead atoms. The Morgan fingerprint density at radius 3 is 2.38 bits per heavy atom. The van der Waals surface area contributed by atoms with Gasteiger partial charge in [-0.2, -0.15) is 0 Å². The Kier molecular flexibility index (Phi) is 7.21. The van der Waals surface area contributed by atoms with Crippen LogP contribution in [0.1, 0.15) is 25.8 Å². The van der Waals surface area contributed by atoms with Gasteiger partial charge < -0.3 is 15.4 Å². The summed E-state index contributed by atoms with van der Waals surface area (Å²) in [4.78, 5) is 24.0. The van der Waals surface area contributed by atoms with Crippen molar-refractivity contribution in [3.05, 3.63) is 52.5 Å². The minimum absolute atomic E-state index is 0.0569. The molecule has 0 saturated heterocycles. The fraction of sp³-hybridized carbons (Fsp3) is 0.300. The molecule has 2 aromatic rings. The first kappa shape index (κ1) is 20.0. The smallest absolute Gasteiger partial charge is 0.226 e. The molecule has 2 rings (SSSR count). The van der Waals surface area contributed by atoms with Gasteiger partial charge in [0.15, 0.2) is 0 Å². The van der Waals surface area contributed by atoms with Crippen molar-refractivity contribution in [1.82, 2.24) is 0 Å². The number of hydrogen-bond donors (Lipinski definition) is 2. The monoisotopic (exact) mass is 418 g/mol. The van der Waals surface area contributed by atoms with Gasteiger partial charge in [0.25, 0.3) is 0 Å². The van der Waals surface area contributed by atoms with E-state index < -0.39 is 0 Å². The van der Waals surface area contributed by atoms with Crippen molar-refractivity contribution in [3.63, 3.8) is 0 Å². The van der Waals surface area contributed by atoms with Gasteiger partial charge in [-0.25, -0.2) is 0 Å². The molecule has 0 aliphatic carbocycles. The second-order valence-electron chi connectivity index (χ2n) is 6.24. The number of ether oxygens (including phenoxy) is 1. The molecule has 0 aliphatic rings. The summed E-state index contributed by atoms with van der Waals surface area (Å²) in [5.74, 6) is 0.526. The molecule has 2 N–H and O–H groups in total. The summed E-state index contributed by atoms with van der Waals surface area (Å²) in [6.45, 7) is 3.66. The number of carbonyl (C=O) groups is 2. The number of benzene rings is 2. The van der Waals surface area contributed by atoms with Gasteiger partial charge in [0.1, 0.15) is 5.75 Å². The first-order valence-electron chi connectivity index (χ1n) is 8.42. The van der Waals surface area contributed by atoms with Gasteiger partial charge in [0.05, 0.1) is 11.6 Å². The van der Waals surface area contributed by atoms with Crippen LogP contribution in [0, 0.1) is 5.92 Å². The van der Waals surface area contributed by atoms with Gasteiger partial charge in [0.2, 0.25) is 11.8 Å². The van der Waals surface area contributed by atoms with Crippen LogP contribution in [0.4, 0.5) is 11.4 Å². The average Bonchev–Trinajstić information content (AvgIpc) is 2.60. The van der Waals surface area contributed by atoms with Crippen molar-refractivity contribution in [1.29, 1.82) is 0 Å². The van der Waals surface area contributed by atoms with E-state index in [9.17, 15) is 9.59 Å². The zero-order valence-corrected chi connectivity index (χ0v) is 16.7. The molecule has 6 heteroatoms. The quantitative estimate of drug-likeness (QED) is 0.688. The minimum atomic E-state index is -0.0999. The molecule has 0 fully saturated rings. The van der Waals surface area contributed by atoms with E-state index in [-0.39, 0.29) is 17.7 Å². The number of amides is 2. The molecule has 26 heavy (non-hydrogen) atoms. The number of methoxy groups -OCH3 is 1. The fourth-order valence-corrected chi connectivity index (χ4v) is 2.90. The van der Waals surface area contributed by atoms with Crippen molar-refractivity contribution >= 4 is 39.1 Å². The Bertz CT molecular complexity index is 790. The van der Waals surface area contributed by atoms with E-state index in [0.717, 1.165) is 15.8 Å². The molecule has 0 atom stereocenters. The van der Waals surface area contributed by atoms with Gasteiger partial charge in [-0.15, -0.1) is 0 Å². The lowest BCUT2D eigenvalue weighted by Crippen LogP contribution is -2.18. The highest BCUT2D eigenvalue weighted by Gasteiger charge is 2.09. The van der Waals surface area contributed by atoms with Crippen LogP contribution < -0.4 is 15.4 Å². The molecule has 0 unspecified atom stereocenters. The van der Waals surface area contributed by atoms with Crippen LogP contribution in [0.25, 0.3) is 0 Å². The lowest BCUT2D eigenvalue weighted by Gasteiger charge is -2.10. The van der Waals surface area contributed by atoms with Gasteiger partial charge in [-0.3, -0.25) is 9.59 Å². The molecule has 0 heterocycles. The van der Waals surface area contributed by atoms with E-state index >= 15 is 0 Å². The molecular weight excluding hydrogens is 396 g/mol. The summed E-state index contributed by atoms with van der Waals surface area (Å²) < 4.78 is 6.07. The van der Waals surface area contributed by atoms with E-state index in [1.54, 1.807) is 31.4 Å². The number of hydrogen-bond acceptors (Lipinski definition) is 3. The first-order chi connectivity index (χ1) is 12.4. The summed E-state index contributed by atoms with van der Waals surface area (Å²) in [6.07, 6.45) is 0.986. The van der Waals surface area contributed by atoms with Crippen LogP contribution in [0.5, 0.6) is 5.75 Å². The van der Waals surface area contributed by atoms with Gasteiger partial charge >= 0.3 is 0 Å². The topological polar surface area (TPSA) is 67.4 Å². The van der Waals surface area contributed by atoms with Crippen molar-refractivity contribution in [2.45, 2.75) is 26.7 Å². The van der Waals surface area contributed by atoms with Gasteiger partial charge in [-0.1, -0.05) is 26.0 Å². The number of rotatable bonds is 7. The van der Waals surface area contributed by atoms with Crippen molar-refractivity contribution < 1.29 is 14.3 Å². The summed E-state index contributed by atoms with van der Waals surface area (Å²) in [6, 6.07) is 12.9. The normalized spacial score (nSPS) is 10.5. The summed E-state index contributed by atoms with van der Waals surface area (Å²) in [7, 11) is 1.62. The van der Waals surface area contributed by atoms with Crippen LogP contribution in [0.2, 0.25) is 0 Å². The Morgan fingerprint density at radius 2 is 1.77 bits per heavy atom. The van der Waals surface area contributed by atoms with Crippen LogP contribution in [0.15, 0.2) is 46.9 Å². The summed E-state index contributed by atoms with van der Waals surface area (Å²) in [5.41, 5.74) is 2.37. The third-order valence-electron chi connectivity index (χ3n) is 3.80. The van der Waals surface area contributed by atoms with Crippen molar-refractivity contribution in [2.24, 2.45) is 5.92 Å². The van der Waals surface area contributed by atoms with Crippen LogP contribution in [0.3, 0.4) is 0 Å². The standard InChI is InChI=1S/C20H23BrN2O3/c1-13(2)20(25)23-16-6-4-5-15(12-16)22-19(24)10-8-14-7-9-18(26-3)17(21)11-14/h4-7,9,11-13H,8,10H2,1-3H3,(H,22,24)(H,23,25). The van der Waals surface area contributed by atoms with E-state index in [4.69, 9.17) is 4.74 Å². The number of nitrogens with one attached hydrogen (secondary N) is 2. The summed E-state index contributed by atoms with van der Waals surface area (Å²) in [5, 5.41) is 5.69. The van der Waals surface area contributed by atoms with E-state index in [0.29, 0.717) is 24.2 Å². The zero-order valence-electron chi connectivity index (χ0n) is 15.1. The second kappa shape index (κ2) is 9.38. The van der Waals surface area contributed by atoms with Crippen LogP contribution >= 0.6 is 15.9 Å². The van der Waals surface area contributed by atoms with E-state index in [2.05, 4.69) is 26.6 Å². The Labute approximate surface area is 162 Å².